The molecular weight excluding hydrogens is 476 g/mol. The van der Waals surface area contributed by atoms with Crippen LogP contribution in [0.4, 0.5) is 5.69 Å². The molecular formula is C26H26N6O3S. The van der Waals surface area contributed by atoms with Gasteiger partial charge in [0, 0.05) is 41.6 Å². The number of hydrogen-bond acceptors (Lipinski definition) is 6. The van der Waals surface area contributed by atoms with Crippen LogP contribution in [-0.4, -0.2) is 29.0 Å². The highest BCUT2D eigenvalue weighted by Crippen LogP contribution is 2.43. The Balaban J connectivity index is 1.56. The molecule has 0 amide bonds. The Morgan fingerprint density at radius 3 is 2.53 bits per heavy atom. The molecule has 9 nitrogen and oxygen atoms in total. The molecule has 0 radical (unpaired) electrons. The van der Waals surface area contributed by atoms with Crippen molar-refractivity contribution < 1.29 is 13.2 Å². The largest absolute Gasteiger partial charge is 0.437 e. The minimum Gasteiger partial charge on any atom is -0.437 e. The average molecular weight is 503 g/mol. The van der Waals surface area contributed by atoms with Crippen molar-refractivity contribution in [2.75, 3.05) is 4.72 Å². The summed E-state index contributed by atoms with van der Waals surface area (Å²) in [5.41, 5.74) is 3.60. The zero-order valence-corrected chi connectivity index (χ0v) is 20.8. The number of fused-ring (bicyclic) bond motifs is 1. The van der Waals surface area contributed by atoms with Gasteiger partial charge in [0.2, 0.25) is 5.88 Å². The smallest absolute Gasteiger partial charge is 0.299 e. The lowest BCUT2D eigenvalue weighted by atomic mass is 9.92. The quantitative estimate of drug-likeness (QED) is 0.344. The monoisotopic (exact) mass is 502 g/mol. The van der Waals surface area contributed by atoms with E-state index in [0.717, 1.165) is 41.4 Å². The summed E-state index contributed by atoms with van der Waals surface area (Å²) >= 11 is 0. The fourth-order valence-corrected chi connectivity index (χ4v) is 5.55. The second-order valence-electron chi connectivity index (χ2n) is 9.07. The van der Waals surface area contributed by atoms with Crippen LogP contribution in [0.1, 0.15) is 44.7 Å². The van der Waals surface area contributed by atoms with E-state index in [9.17, 15) is 13.7 Å². The normalized spacial score (nSPS) is 13.9. The molecule has 5 rings (SSSR count). The van der Waals surface area contributed by atoms with E-state index >= 15 is 0 Å². The number of aromatic nitrogens is 3. The Morgan fingerprint density at radius 1 is 1.14 bits per heavy atom. The lowest BCUT2D eigenvalue weighted by Gasteiger charge is -2.30. The van der Waals surface area contributed by atoms with Gasteiger partial charge in [-0.1, -0.05) is 12.1 Å². The molecule has 0 atom stereocenters. The van der Waals surface area contributed by atoms with Crippen molar-refractivity contribution in [3.63, 3.8) is 0 Å². The number of nitrogens with zero attached hydrogens (tertiary/aromatic N) is 4. The maximum atomic E-state index is 12.2. The number of ether oxygens (including phenoxy) is 1. The maximum Gasteiger partial charge on any atom is 0.299 e. The molecule has 1 aliphatic carbocycles. The maximum absolute atomic E-state index is 12.2. The van der Waals surface area contributed by atoms with Crippen molar-refractivity contribution in [3.8, 4) is 29.0 Å². The highest BCUT2D eigenvalue weighted by molar-refractivity contribution is 7.90. The second kappa shape index (κ2) is 9.60. The Bertz CT molecular complexity index is 1540. The lowest BCUT2D eigenvalue weighted by molar-refractivity contribution is 0.324. The second-order valence-corrected chi connectivity index (χ2v) is 10.5. The summed E-state index contributed by atoms with van der Waals surface area (Å²) in [5, 5.41) is 11.0. The van der Waals surface area contributed by atoms with Gasteiger partial charge in [-0.2, -0.15) is 18.4 Å². The predicted octanol–water partition coefficient (Wildman–Crippen LogP) is 5.14. The number of rotatable bonds is 8. The molecule has 184 valence electrons. The van der Waals surface area contributed by atoms with Crippen molar-refractivity contribution in [1.82, 2.24) is 19.3 Å². The van der Waals surface area contributed by atoms with Crippen LogP contribution >= 0.6 is 0 Å². The first-order valence-electron chi connectivity index (χ1n) is 11.8. The first-order chi connectivity index (χ1) is 17.3. The third kappa shape index (κ3) is 4.76. The van der Waals surface area contributed by atoms with Gasteiger partial charge in [0.15, 0.2) is 0 Å². The fraction of sp³-hybridized carbons (Fsp3) is 0.269. The van der Waals surface area contributed by atoms with E-state index in [-0.39, 0.29) is 12.1 Å². The molecule has 2 aromatic heterocycles. The Morgan fingerprint density at radius 2 is 1.92 bits per heavy atom. The van der Waals surface area contributed by atoms with Crippen molar-refractivity contribution in [1.29, 1.82) is 5.26 Å². The molecule has 2 heterocycles. The lowest BCUT2D eigenvalue weighted by Crippen LogP contribution is -2.35. The van der Waals surface area contributed by atoms with Crippen LogP contribution in [0.15, 0.2) is 61.1 Å². The summed E-state index contributed by atoms with van der Waals surface area (Å²) in [7, 11) is -3.67. The third-order valence-corrected chi connectivity index (χ3v) is 7.38. The minimum absolute atomic E-state index is 0.221. The van der Waals surface area contributed by atoms with Crippen LogP contribution in [0.25, 0.3) is 22.2 Å². The van der Waals surface area contributed by atoms with Crippen molar-refractivity contribution >= 4 is 26.8 Å². The summed E-state index contributed by atoms with van der Waals surface area (Å²) in [4.78, 5) is 8.22. The van der Waals surface area contributed by atoms with Gasteiger partial charge in [-0.25, -0.2) is 4.98 Å². The molecule has 0 spiro atoms. The molecule has 1 aliphatic rings. The van der Waals surface area contributed by atoms with Crippen molar-refractivity contribution in [2.24, 2.45) is 0 Å². The van der Waals surface area contributed by atoms with E-state index in [1.807, 2.05) is 30.3 Å². The highest BCUT2D eigenvalue weighted by atomic mass is 32.2. The number of nitriles is 1. The molecule has 36 heavy (non-hydrogen) atoms. The van der Waals surface area contributed by atoms with Crippen molar-refractivity contribution in [3.05, 3.63) is 66.6 Å². The first-order valence-corrected chi connectivity index (χ1v) is 13.3. The van der Waals surface area contributed by atoms with E-state index in [2.05, 4.69) is 30.0 Å². The molecule has 2 aromatic carbocycles. The molecule has 1 saturated carbocycles. The minimum atomic E-state index is -3.67. The van der Waals surface area contributed by atoms with Crippen LogP contribution in [0, 0.1) is 11.3 Å². The molecule has 1 fully saturated rings. The molecule has 10 heteroatoms. The Hall–Kier alpha value is -3.94. The summed E-state index contributed by atoms with van der Waals surface area (Å²) in [6.45, 7) is 3.52. The number of hydrogen-bond donors (Lipinski definition) is 2. The van der Waals surface area contributed by atoms with E-state index in [0.29, 0.717) is 22.9 Å². The van der Waals surface area contributed by atoms with Gasteiger partial charge in [0.05, 0.1) is 23.0 Å². The van der Waals surface area contributed by atoms with E-state index in [1.54, 1.807) is 44.6 Å². The zero-order chi connectivity index (χ0) is 25.3. The Labute approximate surface area is 210 Å². The summed E-state index contributed by atoms with van der Waals surface area (Å²) in [6, 6.07) is 15.2. The zero-order valence-electron chi connectivity index (χ0n) is 20.0. The van der Waals surface area contributed by atoms with Gasteiger partial charge in [-0.3, -0.25) is 9.71 Å². The molecule has 0 unspecified atom stereocenters. The first kappa shape index (κ1) is 23.8. The van der Waals surface area contributed by atoms with Gasteiger partial charge >= 0.3 is 0 Å². The third-order valence-electron chi connectivity index (χ3n) is 6.09. The number of anilines is 1. The van der Waals surface area contributed by atoms with Gasteiger partial charge < -0.3 is 9.30 Å². The van der Waals surface area contributed by atoms with Gasteiger partial charge in [-0.15, -0.1) is 0 Å². The predicted molar refractivity (Wildman–Crippen MR) is 138 cm³/mol. The summed E-state index contributed by atoms with van der Waals surface area (Å²) < 4.78 is 37.7. The average Bonchev–Trinajstić information content (AvgIpc) is 3.11. The molecule has 0 aliphatic heterocycles. The Kier molecular flexibility index (Phi) is 6.35. The van der Waals surface area contributed by atoms with Gasteiger partial charge in [-0.05, 0) is 62.9 Å². The van der Waals surface area contributed by atoms with Crippen LogP contribution in [0.5, 0.6) is 11.6 Å². The van der Waals surface area contributed by atoms with Gasteiger partial charge in [0.1, 0.15) is 11.8 Å². The van der Waals surface area contributed by atoms with E-state index < -0.39 is 10.2 Å². The van der Waals surface area contributed by atoms with Gasteiger partial charge in [0.25, 0.3) is 10.2 Å². The van der Waals surface area contributed by atoms with E-state index in [4.69, 9.17) is 4.74 Å². The summed E-state index contributed by atoms with van der Waals surface area (Å²) in [5.74, 6) is 1.00. The fourth-order valence-electron chi connectivity index (χ4n) is 4.42. The number of nitrogens with one attached hydrogen (secondary N) is 2. The van der Waals surface area contributed by atoms with Crippen molar-refractivity contribution in [2.45, 2.75) is 45.2 Å². The standard InChI is InChI=1S/C26H26N6O3S/c1-17(2)30-36(33,34)31-19-8-6-18(7-9-19)26-23(15-27)22-11-10-21(35-25-16-28-12-13-29-25)14-24(22)32(26)20-4-3-5-20/h6-14,16-17,20,30-31H,3-5H2,1-2H3. The van der Waals surface area contributed by atoms with Crippen LogP contribution in [-0.2, 0) is 10.2 Å². The molecule has 0 bridgehead atoms. The van der Waals surface area contributed by atoms with Crippen LogP contribution in [0.3, 0.4) is 0 Å². The molecule has 2 N–H and O–H groups in total. The van der Waals surface area contributed by atoms with Crippen LogP contribution < -0.4 is 14.2 Å². The molecule has 4 aromatic rings. The number of benzene rings is 2. The van der Waals surface area contributed by atoms with Crippen LogP contribution in [0.2, 0.25) is 0 Å². The highest BCUT2D eigenvalue weighted by Gasteiger charge is 2.28. The molecule has 0 saturated heterocycles. The SMILES string of the molecule is CC(C)NS(=O)(=O)Nc1ccc(-c2c(C#N)c3ccc(Oc4cnccn4)cc3n2C2CCC2)cc1. The van der Waals surface area contributed by atoms with E-state index in [1.165, 1.54) is 0 Å². The summed E-state index contributed by atoms with van der Waals surface area (Å²) in [6.07, 6.45) is 7.88. The topological polar surface area (TPSA) is 122 Å².